The van der Waals surface area contributed by atoms with E-state index in [0.29, 0.717) is 26.4 Å². The van der Waals surface area contributed by atoms with Crippen molar-refractivity contribution >= 4 is 0 Å². The van der Waals surface area contributed by atoms with Gasteiger partial charge in [-0.15, -0.1) is 0 Å². The summed E-state index contributed by atoms with van der Waals surface area (Å²) in [7, 11) is 1.69. The second kappa shape index (κ2) is 10.5. The number of benzene rings is 1. The summed E-state index contributed by atoms with van der Waals surface area (Å²) in [6.45, 7) is 7.52. The Hall–Kier alpha value is -1.30. The van der Waals surface area contributed by atoms with Crippen molar-refractivity contribution in [2.45, 2.75) is 20.4 Å². The average Bonchev–Trinajstić information content (AvgIpc) is 2.46. The molecule has 0 aromatic heterocycles. The van der Waals surface area contributed by atoms with Crippen molar-refractivity contribution in [1.29, 1.82) is 0 Å². The van der Waals surface area contributed by atoms with E-state index in [-0.39, 0.29) is 6.79 Å². The van der Waals surface area contributed by atoms with Crippen molar-refractivity contribution in [3.63, 3.8) is 0 Å². The number of para-hydroxylation sites is 1. The van der Waals surface area contributed by atoms with Gasteiger partial charge < -0.3 is 24.3 Å². The lowest BCUT2D eigenvalue weighted by atomic mass is 10.2. The Morgan fingerprint density at radius 2 is 1.95 bits per heavy atom. The summed E-state index contributed by atoms with van der Waals surface area (Å²) in [6, 6.07) is 5.89. The molecule has 0 saturated heterocycles. The van der Waals surface area contributed by atoms with Crippen LogP contribution in [0.15, 0.2) is 18.2 Å². The van der Waals surface area contributed by atoms with Crippen molar-refractivity contribution < 1.29 is 18.9 Å². The predicted molar refractivity (Wildman–Crippen MR) is 78.3 cm³/mol. The van der Waals surface area contributed by atoms with Crippen LogP contribution < -0.4 is 14.8 Å². The number of ether oxygens (including phenoxy) is 4. The molecule has 0 saturated carbocycles. The van der Waals surface area contributed by atoms with E-state index in [9.17, 15) is 0 Å². The molecule has 0 heterocycles. The molecule has 0 atom stereocenters. The fourth-order valence-corrected chi connectivity index (χ4v) is 1.71. The van der Waals surface area contributed by atoms with Crippen molar-refractivity contribution in [2.24, 2.45) is 0 Å². The second-order valence-electron chi connectivity index (χ2n) is 4.10. The zero-order valence-electron chi connectivity index (χ0n) is 12.6. The molecule has 0 spiro atoms. The number of methoxy groups -OCH3 is 1. The molecule has 0 amide bonds. The molecule has 1 rings (SSSR count). The van der Waals surface area contributed by atoms with E-state index in [2.05, 4.69) is 5.32 Å². The highest BCUT2D eigenvalue weighted by Gasteiger charge is 2.10. The van der Waals surface area contributed by atoms with Crippen LogP contribution in [0.1, 0.15) is 19.4 Å². The van der Waals surface area contributed by atoms with Crippen molar-refractivity contribution in [3.8, 4) is 11.5 Å². The lowest BCUT2D eigenvalue weighted by Crippen LogP contribution is -2.19. The van der Waals surface area contributed by atoms with Gasteiger partial charge in [-0.05, 0) is 19.9 Å². The van der Waals surface area contributed by atoms with Gasteiger partial charge in [0.25, 0.3) is 0 Å². The first-order chi connectivity index (χ1) is 9.83. The molecule has 1 aromatic carbocycles. The molecule has 5 nitrogen and oxygen atoms in total. The quantitative estimate of drug-likeness (QED) is 0.498. The Morgan fingerprint density at radius 3 is 2.65 bits per heavy atom. The summed E-state index contributed by atoms with van der Waals surface area (Å²) in [6.07, 6.45) is 0. The van der Waals surface area contributed by atoms with Gasteiger partial charge in [0, 0.05) is 32.4 Å². The summed E-state index contributed by atoms with van der Waals surface area (Å²) in [4.78, 5) is 0. The van der Waals surface area contributed by atoms with Gasteiger partial charge >= 0.3 is 0 Å². The van der Waals surface area contributed by atoms with Crippen molar-refractivity contribution in [3.05, 3.63) is 23.8 Å². The average molecular weight is 283 g/mol. The van der Waals surface area contributed by atoms with E-state index in [1.807, 2.05) is 32.0 Å². The topological polar surface area (TPSA) is 49.0 Å². The minimum Gasteiger partial charge on any atom is -0.490 e. The maximum Gasteiger partial charge on any atom is 0.189 e. The number of hydrogen-bond acceptors (Lipinski definition) is 5. The smallest absolute Gasteiger partial charge is 0.189 e. The number of nitrogens with one attached hydrogen (secondary N) is 1. The minimum absolute atomic E-state index is 0.228. The Labute approximate surface area is 121 Å². The Bertz CT molecular complexity index is 371. The largest absolute Gasteiger partial charge is 0.490 e. The maximum absolute atomic E-state index is 5.70. The first kappa shape index (κ1) is 16.8. The molecular weight excluding hydrogens is 258 g/mol. The molecule has 1 N–H and O–H groups in total. The third-order valence-electron chi connectivity index (χ3n) is 2.65. The fourth-order valence-electron chi connectivity index (χ4n) is 1.71. The summed E-state index contributed by atoms with van der Waals surface area (Å²) in [5.74, 6) is 1.49. The van der Waals surface area contributed by atoms with Crippen LogP contribution in [0, 0.1) is 0 Å². The summed E-state index contributed by atoms with van der Waals surface area (Å²) in [5.41, 5.74) is 1.05. The molecule has 0 fully saturated rings. The Balaban J connectivity index is 2.70. The van der Waals surface area contributed by atoms with E-state index in [1.165, 1.54) is 0 Å². The molecule has 0 aliphatic carbocycles. The van der Waals surface area contributed by atoms with E-state index in [0.717, 1.165) is 23.6 Å². The van der Waals surface area contributed by atoms with Gasteiger partial charge in [0.1, 0.15) is 0 Å². The highest BCUT2D eigenvalue weighted by atomic mass is 16.7. The summed E-state index contributed by atoms with van der Waals surface area (Å²) < 4.78 is 21.6. The van der Waals surface area contributed by atoms with Crippen LogP contribution in [0.3, 0.4) is 0 Å². The monoisotopic (exact) mass is 283 g/mol. The van der Waals surface area contributed by atoms with Gasteiger partial charge in [0.05, 0.1) is 13.2 Å². The highest BCUT2D eigenvalue weighted by Crippen LogP contribution is 2.31. The van der Waals surface area contributed by atoms with Crippen LogP contribution in [0.4, 0.5) is 0 Å². The van der Waals surface area contributed by atoms with Crippen LogP contribution in [-0.4, -0.2) is 40.3 Å². The van der Waals surface area contributed by atoms with Crippen LogP contribution in [0.2, 0.25) is 0 Å². The third kappa shape index (κ3) is 5.77. The Kier molecular flexibility index (Phi) is 8.78. The molecule has 0 aliphatic heterocycles. The summed E-state index contributed by atoms with van der Waals surface area (Å²) in [5, 5.41) is 3.30. The summed E-state index contributed by atoms with van der Waals surface area (Å²) >= 11 is 0. The van der Waals surface area contributed by atoms with E-state index in [4.69, 9.17) is 18.9 Å². The van der Waals surface area contributed by atoms with Gasteiger partial charge in [-0.1, -0.05) is 12.1 Å². The zero-order chi connectivity index (χ0) is 14.6. The van der Waals surface area contributed by atoms with Crippen LogP contribution in [-0.2, 0) is 16.0 Å². The third-order valence-corrected chi connectivity index (χ3v) is 2.65. The van der Waals surface area contributed by atoms with E-state index >= 15 is 0 Å². The lowest BCUT2D eigenvalue weighted by Gasteiger charge is -2.16. The van der Waals surface area contributed by atoms with Gasteiger partial charge in [-0.25, -0.2) is 0 Å². The molecule has 0 unspecified atom stereocenters. The fraction of sp³-hybridized carbons (Fsp3) is 0.600. The molecule has 0 radical (unpaired) electrons. The van der Waals surface area contributed by atoms with Crippen molar-refractivity contribution in [2.75, 3.05) is 40.3 Å². The minimum atomic E-state index is 0.228. The maximum atomic E-state index is 5.70. The molecule has 5 heteroatoms. The van der Waals surface area contributed by atoms with Crippen LogP contribution >= 0.6 is 0 Å². The highest BCUT2D eigenvalue weighted by molar-refractivity contribution is 5.46. The van der Waals surface area contributed by atoms with E-state index < -0.39 is 0 Å². The lowest BCUT2D eigenvalue weighted by molar-refractivity contribution is 0.0199. The number of hydrogen-bond donors (Lipinski definition) is 1. The number of rotatable bonds is 11. The SMILES string of the molecule is CCOCOc1c(CNCCOC)cccc1OCC. The van der Waals surface area contributed by atoms with E-state index in [1.54, 1.807) is 7.11 Å². The Morgan fingerprint density at radius 1 is 1.10 bits per heavy atom. The normalized spacial score (nSPS) is 10.6. The zero-order valence-corrected chi connectivity index (χ0v) is 12.6. The van der Waals surface area contributed by atoms with Crippen molar-refractivity contribution in [1.82, 2.24) is 5.32 Å². The predicted octanol–water partition coefficient (Wildman–Crippen LogP) is 2.19. The van der Waals surface area contributed by atoms with Crippen LogP contribution in [0.25, 0.3) is 0 Å². The molecule has 0 bridgehead atoms. The van der Waals surface area contributed by atoms with Gasteiger partial charge in [-0.2, -0.15) is 0 Å². The standard InChI is InChI=1S/C15H25NO4/c1-4-18-12-20-15-13(11-16-9-10-17-3)7-6-8-14(15)19-5-2/h6-8,16H,4-5,9-12H2,1-3H3. The first-order valence-corrected chi connectivity index (χ1v) is 6.98. The molecule has 1 aromatic rings. The second-order valence-corrected chi connectivity index (χ2v) is 4.10. The van der Waals surface area contributed by atoms with Gasteiger partial charge in [-0.3, -0.25) is 0 Å². The molecule has 0 aliphatic rings. The first-order valence-electron chi connectivity index (χ1n) is 6.98. The molecule has 114 valence electrons. The van der Waals surface area contributed by atoms with Gasteiger partial charge in [0.2, 0.25) is 0 Å². The molecular formula is C15H25NO4. The van der Waals surface area contributed by atoms with Crippen LogP contribution in [0.5, 0.6) is 11.5 Å². The van der Waals surface area contributed by atoms with Gasteiger partial charge in [0.15, 0.2) is 18.3 Å². The molecule has 20 heavy (non-hydrogen) atoms.